The van der Waals surface area contributed by atoms with Gasteiger partial charge in [-0.3, -0.25) is 0 Å². The highest BCUT2D eigenvalue weighted by Crippen LogP contribution is 2.21. The second-order valence-electron chi connectivity index (χ2n) is 3.95. The molecule has 3 heteroatoms. The molecule has 1 aromatic heterocycles. The van der Waals surface area contributed by atoms with Crippen molar-refractivity contribution in [2.45, 2.75) is 20.8 Å². The van der Waals surface area contributed by atoms with Crippen molar-refractivity contribution in [3.63, 3.8) is 0 Å². The maximum atomic E-state index is 4.49. The summed E-state index contributed by atoms with van der Waals surface area (Å²) in [5, 5.41) is 0. The normalized spacial score (nSPS) is 10.3. The van der Waals surface area contributed by atoms with E-state index in [-0.39, 0.29) is 0 Å². The second-order valence-corrected chi connectivity index (χ2v) is 3.95. The SMILES string of the molecule is CCN(c1cc[c]cc1)c1nc(C)cc(C)n1. The highest BCUT2D eigenvalue weighted by atomic mass is 15.2. The van der Waals surface area contributed by atoms with Crippen LogP contribution in [0.1, 0.15) is 18.3 Å². The van der Waals surface area contributed by atoms with Gasteiger partial charge < -0.3 is 4.90 Å². The summed E-state index contributed by atoms with van der Waals surface area (Å²) >= 11 is 0. The summed E-state index contributed by atoms with van der Waals surface area (Å²) in [4.78, 5) is 11.1. The van der Waals surface area contributed by atoms with Crippen molar-refractivity contribution < 1.29 is 0 Å². The van der Waals surface area contributed by atoms with E-state index >= 15 is 0 Å². The molecule has 0 amide bonds. The molecule has 0 fully saturated rings. The monoisotopic (exact) mass is 226 g/mol. The fourth-order valence-electron chi connectivity index (χ4n) is 1.83. The van der Waals surface area contributed by atoms with E-state index < -0.39 is 0 Å². The van der Waals surface area contributed by atoms with Gasteiger partial charge in [0.25, 0.3) is 0 Å². The number of aryl methyl sites for hydroxylation is 2. The van der Waals surface area contributed by atoms with E-state index in [2.05, 4.69) is 27.9 Å². The van der Waals surface area contributed by atoms with Gasteiger partial charge >= 0.3 is 0 Å². The summed E-state index contributed by atoms with van der Waals surface area (Å²) in [6, 6.07) is 12.8. The van der Waals surface area contributed by atoms with Crippen LogP contribution in [-0.4, -0.2) is 16.5 Å². The van der Waals surface area contributed by atoms with E-state index in [0.29, 0.717) is 0 Å². The predicted octanol–water partition coefficient (Wildman–Crippen LogP) is 3.05. The van der Waals surface area contributed by atoms with Crippen LogP contribution in [0.5, 0.6) is 0 Å². The lowest BCUT2D eigenvalue weighted by atomic mass is 10.3. The Labute approximate surface area is 102 Å². The number of hydrogen-bond donors (Lipinski definition) is 0. The van der Waals surface area contributed by atoms with Crippen LogP contribution in [-0.2, 0) is 0 Å². The Morgan fingerprint density at radius 3 is 2.24 bits per heavy atom. The molecule has 1 heterocycles. The number of benzene rings is 1. The lowest BCUT2D eigenvalue weighted by Gasteiger charge is -2.21. The standard InChI is InChI=1S/C14H16N3/c1-4-17(13-8-6-5-7-9-13)14-15-11(2)10-12(3)16-14/h6-10H,4H2,1-3H3. The summed E-state index contributed by atoms with van der Waals surface area (Å²) in [5.41, 5.74) is 3.08. The maximum absolute atomic E-state index is 4.49. The predicted molar refractivity (Wildman–Crippen MR) is 69.5 cm³/mol. The Kier molecular flexibility index (Phi) is 3.38. The van der Waals surface area contributed by atoms with Crippen molar-refractivity contribution in [2.75, 3.05) is 11.4 Å². The number of anilines is 2. The third-order valence-corrected chi connectivity index (χ3v) is 2.54. The molecule has 87 valence electrons. The minimum atomic E-state index is 0.760. The molecule has 17 heavy (non-hydrogen) atoms. The molecular weight excluding hydrogens is 210 g/mol. The first-order chi connectivity index (χ1) is 8.20. The highest BCUT2D eigenvalue weighted by molar-refractivity contribution is 5.56. The van der Waals surface area contributed by atoms with Crippen LogP contribution in [0.4, 0.5) is 11.6 Å². The van der Waals surface area contributed by atoms with Crippen molar-refractivity contribution in [3.8, 4) is 0 Å². The van der Waals surface area contributed by atoms with Crippen molar-refractivity contribution in [2.24, 2.45) is 0 Å². The fraction of sp³-hybridized carbons (Fsp3) is 0.286. The Balaban J connectivity index is 2.42. The average molecular weight is 226 g/mol. The van der Waals surface area contributed by atoms with Gasteiger partial charge in [-0.1, -0.05) is 12.1 Å². The zero-order valence-corrected chi connectivity index (χ0v) is 10.4. The lowest BCUT2D eigenvalue weighted by Crippen LogP contribution is -2.19. The Bertz CT molecular complexity index is 474. The summed E-state index contributed by atoms with van der Waals surface area (Å²) in [6.07, 6.45) is 0. The van der Waals surface area contributed by atoms with Crippen LogP contribution in [0.2, 0.25) is 0 Å². The Morgan fingerprint density at radius 2 is 1.71 bits per heavy atom. The van der Waals surface area contributed by atoms with Crippen molar-refractivity contribution >= 4 is 11.6 Å². The third kappa shape index (κ3) is 2.61. The molecule has 0 aliphatic rings. The van der Waals surface area contributed by atoms with E-state index in [1.54, 1.807) is 0 Å². The van der Waals surface area contributed by atoms with Gasteiger partial charge in [-0.2, -0.15) is 0 Å². The molecule has 0 unspecified atom stereocenters. The van der Waals surface area contributed by atoms with Gasteiger partial charge in [0.05, 0.1) is 0 Å². The fourth-order valence-corrected chi connectivity index (χ4v) is 1.83. The quantitative estimate of drug-likeness (QED) is 0.805. The first-order valence-electron chi connectivity index (χ1n) is 5.76. The van der Waals surface area contributed by atoms with Gasteiger partial charge in [-0.15, -0.1) is 0 Å². The van der Waals surface area contributed by atoms with E-state index in [1.807, 2.05) is 44.2 Å². The molecule has 0 bridgehead atoms. The molecule has 3 nitrogen and oxygen atoms in total. The second kappa shape index (κ2) is 4.95. The Hall–Kier alpha value is -1.90. The van der Waals surface area contributed by atoms with Crippen LogP contribution >= 0.6 is 0 Å². The van der Waals surface area contributed by atoms with Crippen LogP contribution < -0.4 is 4.90 Å². The van der Waals surface area contributed by atoms with E-state index in [9.17, 15) is 0 Å². The third-order valence-electron chi connectivity index (χ3n) is 2.54. The molecule has 0 aliphatic heterocycles. The van der Waals surface area contributed by atoms with Crippen molar-refractivity contribution in [1.29, 1.82) is 0 Å². The summed E-state index contributed by atoms with van der Waals surface area (Å²) < 4.78 is 0. The summed E-state index contributed by atoms with van der Waals surface area (Å²) in [6.45, 7) is 6.92. The maximum Gasteiger partial charge on any atom is 0.230 e. The van der Waals surface area contributed by atoms with Crippen LogP contribution in [0.25, 0.3) is 0 Å². The number of nitrogens with zero attached hydrogens (tertiary/aromatic N) is 3. The van der Waals surface area contributed by atoms with E-state index in [1.165, 1.54) is 0 Å². The topological polar surface area (TPSA) is 29.0 Å². The van der Waals surface area contributed by atoms with Gasteiger partial charge in [0.15, 0.2) is 0 Å². The van der Waals surface area contributed by atoms with E-state index in [4.69, 9.17) is 0 Å². The van der Waals surface area contributed by atoms with Gasteiger partial charge in [0.2, 0.25) is 5.95 Å². The smallest absolute Gasteiger partial charge is 0.230 e. The van der Waals surface area contributed by atoms with Crippen LogP contribution in [0, 0.1) is 19.9 Å². The molecular formula is C14H16N3. The first-order valence-corrected chi connectivity index (χ1v) is 5.76. The number of rotatable bonds is 3. The van der Waals surface area contributed by atoms with Crippen molar-refractivity contribution in [1.82, 2.24) is 9.97 Å². The molecule has 1 radical (unpaired) electrons. The summed E-state index contributed by atoms with van der Waals surface area (Å²) in [7, 11) is 0. The van der Waals surface area contributed by atoms with Gasteiger partial charge in [-0.05, 0) is 45.0 Å². The molecule has 0 spiro atoms. The average Bonchev–Trinajstić information content (AvgIpc) is 2.30. The first kappa shape index (κ1) is 11.6. The van der Waals surface area contributed by atoms with Crippen LogP contribution in [0.3, 0.4) is 0 Å². The van der Waals surface area contributed by atoms with Gasteiger partial charge in [0, 0.05) is 23.6 Å². The molecule has 0 saturated carbocycles. The zero-order valence-electron chi connectivity index (χ0n) is 10.4. The van der Waals surface area contributed by atoms with Crippen LogP contribution in [0.15, 0.2) is 30.3 Å². The zero-order chi connectivity index (χ0) is 12.3. The van der Waals surface area contributed by atoms with E-state index in [0.717, 1.165) is 29.6 Å². The molecule has 0 N–H and O–H groups in total. The minimum Gasteiger partial charge on any atom is -0.311 e. The molecule has 2 rings (SSSR count). The van der Waals surface area contributed by atoms with Gasteiger partial charge in [0.1, 0.15) is 0 Å². The Morgan fingerprint density at radius 1 is 1.12 bits per heavy atom. The van der Waals surface area contributed by atoms with Gasteiger partial charge in [-0.25, -0.2) is 9.97 Å². The highest BCUT2D eigenvalue weighted by Gasteiger charge is 2.10. The molecule has 0 saturated heterocycles. The largest absolute Gasteiger partial charge is 0.311 e. The number of hydrogen-bond acceptors (Lipinski definition) is 3. The molecule has 0 atom stereocenters. The molecule has 2 aromatic rings. The minimum absolute atomic E-state index is 0.760. The van der Waals surface area contributed by atoms with Crippen molar-refractivity contribution in [3.05, 3.63) is 47.8 Å². The molecule has 0 aliphatic carbocycles. The number of aromatic nitrogens is 2. The lowest BCUT2D eigenvalue weighted by molar-refractivity contribution is 0.920. The molecule has 1 aromatic carbocycles. The summed E-state index contributed by atoms with van der Waals surface area (Å²) in [5.74, 6) is 0.760.